The summed E-state index contributed by atoms with van der Waals surface area (Å²) in [5.74, 6) is -1.74. The van der Waals surface area contributed by atoms with Gasteiger partial charge >= 0.3 is 5.97 Å². The van der Waals surface area contributed by atoms with Crippen molar-refractivity contribution >= 4 is 46.7 Å². The van der Waals surface area contributed by atoms with Gasteiger partial charge in [0.05, 0.1) is 6.61 Å². The van der Waals surface area contributed by atoms with Crippen LogP contribution in [-0.2, 0) is 21.6 Å². The van der Waals surface area contributed by atoms with Crippen molar-refractivity contribution in [1.82, 2.24) is 5.32 Å². The van der Waals surface area contributed by atoms with Gasteiger partial charge in [-0.15, -0.1) is 12.4 Å². The van der Waals surface area contributed by atoms with Gasteiger partial charge in [-0.05, 0) is 41.0 Å². The Balaban J connectivity index is 0.00000420. The Morgan fingerprint density at radius 1 is 0.897 bits per heavy atom. The summed E-state index contributed by atoms with van der Waals surface area (Å²) in [6, 6.07) is 25.5. The van der Waals surface area contributed by atoms with Gasteiger partial charge in [0, 0.05) is 23.2 Å². The quantitative estimate of drug-likeness (QED) is 0.0820. The molecule has 8 nitrogen and oxygen atoms in total. The van der Waals surface area contributed by atoms with Crippen LogP contribution in [0.1, 0.15) is 44.3 Å². The van der Waals surface area contributed by atoms with Gasteiger partial charge in [-0.3, -0.25) is 15.0 Å². The lowest BCUT2D eigenvalue weighted by atomic mass is 9.82. The first kappa shape index (κ1) is 29.0. The molecule has 1 atom stereocenters. The number of amides is 1. The molecule has 4 aromatic rings. The molecule has 0 spiro atoms. The van der Waals surface area contributed by atoms with Gasteiger partial charge < -0.3 is 21.5 Å². The van der Waals surface area contributed by atoms with Crippen LogP contribution in [-0.4, -0.2) is 30.1 Å². The maximum absolute atomic E-state index is 13.5. The summed E-state index contributed by atoms with van der Waals surface area (Å²) in [6.07, 6.45) is 0. The molecule has 0 aromatic heterocycles. The van der Waals surface area contributed by atoms with Crippen molar-refractivity contribution in [2.45, 2.75) is 19.0 Å². The monoisotopic (exact) mass is 544 g/mol. The minimum absolute atomic E-state index is 0. The molecule has 0 heterocycles. The fourth-order valence-electron chi connectivity index (χ4n) is 4.21. The number of amidine groups is 1. The third-order valence-corrected chi connectivity index (χ3v) is 6.29. The lowest BCUT2D eigenvalue weighted by molar-refractivity contribution is -0.147. The number of nitrogen functional groups attached to an aromatic ring is 1. The number of benzene rings is 4. The van der Waals surface area contributed by atoms with Crippen LogP contribution in [0, 0.1) is 5.41 Å². The Bertz CT molecular complexity index is 1520. The minimum atomic E-state index is -2.06. The lowest BCUT2D eigenvalue weighted by Gasteiger charge is -2.26. The Kier molecular flexibility index (Phi) is 9.19. The number of hydrogen-bond acceptors (Lipinski definition) is 6. The highest BCUT2D eigenvalue weighted by atomic mass is 35.5. The van der Waals surface area contributed by atoms with Gasteiger partial charge in [-0.25, -0.2) is 4.79 Å². The largest absolute Gasteiger partial charge is 0.464 e. The van der Waals surface area contributed by atoms with E-state index in [9.17, 15) is 14.4 Å². The molecule has 39 heavy (non-hydrogen) atoms. The number of Topliss-reactive ketones (excluding diaryl/α,β-unsaturated/α-hetero) is 1. The Morgan fingerprint density at radius 2 is 1.59 bits per heavy atom. The first-order chi connectivity index (χ1) is 18.3. The number of fused-ring (bicyclic) bond motifs is 1. The summed E-state index contributed by atoms with van der Waals surface area (Å²) in [4.78, 5) is 39.5. The van der Waals surface area contributed by atoms with Crippen LogP contribution in [0.5, 0.6) is 0 Å². The van der Waals surface area contributed by atoms with E-state index in [0.29, 0.717) is 21.9 Å². The Morgan fingerprint density at radius 3 is 2.23 bits per heavy atom. The van der Waals surface area contributed by atoms with Gasteiger partial charge in [0.15, 0.2) is 5.78 Å². The number of ether oxygens (including phenoxy) is 1. The van der Waals surface area contributed by atoms with Crippen molar-refractivity contribution in [3.05, 3.63) is 119 Å². The zero-order valence-electron chi connectivity index (χ0n) is 21.3. The number of carbonyl (C=O) groups is 3. The average molecular weight is 545 g/mol. The van der Waals surface area contributed by atoms with Crippen LogP contribution in [0.3, 0.4) is 0 Å². The van der Waals surface area contributed by atoms with Crippen LogP contribution >= 0.6 is 12.4 Å². The molecule has 1 unspecified atom stereocenters. The van der Waals surface area contributed by atoms with Crippen LogP contribution in [0.25, 0.3) is 10.8 Å². The number of ketones is 1. The highest BCUT2D eigenvalue weighted by Crippen LogP contribution is 2.30. The predicted molar refractivity (Wildman–Crippen MR) is 153 cm³/mol. The number of hydrogen-bond donors (Lipinski definition) is 4. The summed E-state index contributed by atoms with van der Waals surface area (Å²) >= 11 is 0. The second-order valence-corrected chi connectivity index (χ2v) is 8.76. The lowest BCUT2D eigenvalue weighted by Crippen LogP contribution is -2.52. The van der Waals surface area contributed by atoms with E-state index in [1.807, 2.05) is 0 Å². The molecule has 4 rings (SSSR count). The van der Waals surface area contributed by atoms with E-state index < -0.39 is 17.3 Å². The molecule has 0 aliphatic carbocycles. The zero-order valence-corrected chi connectivity index (χ0v) is 22.1. The van der Waals surface area contributed by atoms with E-state index >= 15 is 0 Å². The average Bonchev–Trinajstić information content (AvgIpc) is 2.95. The van der Waals surface area contributed by atoms with Crippen molar-refractivity contribution in [2.24, 2.45) is 11.5 Å². The fraction of sp³-hybridized carbons (Fsp3) is 0.133. The minimum Gasteiger partial charge on any atom is -0.464 e. The first-order valence-corrected chi connectivity index (χ1v) is 12.1. The molecule has 0 saturated heterocycles. The van der Waals surface area contributed by atoms with Gasteiger partial charge in [0.25, 0.3) is 5.91 Å². The maximum atomic E-state index is 13.5. The van der Waals surface area contributed by atoms with Crippen molar-refractivity contribution in [3.63, 3.8) is 0 Å². The molecule has 200 valence electrons. The number of nitrogens with two attached hydrogens (primary N) is 2. The van der Waals surface area contributed by atoms with Gasteiger partial charge in [0.2, 0.25) is 5.54 Å². The van der Waals surface area contributed by atoms with Crippen LogP contribution in [0.15, 0.2) is 91.0 Å². The van der Waals surface area contributed by atoms with Crippen molar-refractivity contribution < 1.29 is 19.1 Å². The summed E-state index contributed by atoms with van der Waals surface area (Å²) in [6.45, 7) is 2.00. The van der Waals surface area contributed by atoms with Crippen LogP contribution in [0.2, 0.25) is 0 Å². The highest BCUT2D eigenvalue weighted by Gasteiger charge is 2.45. The summed E-state index contributed by atoms with van der Waals surface area (Å²) in [7, 11) is 0. The molecule has 0 fully saturated rings. The number of carbonyl (C=O) groups excluding carboxylic acids is 3. The van der Waals surface area contributed by atoms with E-state index in [-0.39, 0.29) is 48.4 Å². The summed E-state index contributed by atoms with van der Waals surface area (Å²) < 4.78 is 5.20. The van der Waals surface area contributed by atoms with Gasteiger partial charge in [-0.1, -0.05) is 78.9 Å². The van der Waals surface area contributed by atoms with Gasteiger partial charge in [-0.2, -0.15) is 0 Å². The van der Waals surface area contributed by atoms with Crippen molar-refractivity contribution in [1.29, 1.82) is 5.41 Å². The normalized spacial score (nSPS) is 12.1. The molecule has 0 radical (unpaired) electrons. The second-order valence-electron chi connectivity index (χ2n) is 8.76. The first-order valence-electron chi connectivity index (χ1n) is 12.1. The SMILES string of the molecule is CCOC(=O)C(N)(C(=O)c1ccccc1)c1ccc2c(C(=O)NCc3ccc(C(=N)N)cc3)cccc2c1.Cl. The maximum Gasteiger partial charge on any atom is 0.339 e. The standard InChI is InChI=1S/C30H28N4O4.ClH/c1-2-38-29(37)30(33,26(35)20-7-4-3-5-8-20)23-15-16-24-22(17-23)9-6-10-25(24)28(36)34-18-19-11-13-21(14-12-19)27(31)32;/h3-17H,2,18,33H2,1H3,(H3,31,32)(H,34,36);1H. The molecule has 0 aliphatic rings. The third kappa shape index (κ3) is 5.98. The molecule has 9 heteroatoms. The Hall–Kier alpha value is -4.53. The third-order valence-electron chi connectivity index (χ3n) is 6.29. The van der Waals surface area contributed by atoms with Crippen LogP contribution < -0.4 is 16.8 Å². The highest BCUT2D eigenvalue weighted by molar-refractivity contribution is 6.17. The molecule has 1 amide bonds. The van der Waals surface area contributed by atoms with Crippen molar-refractivity contribution in [2.75, 3.05) is 6.61 Å². The number of halogens is 1. The molecular formula is C30H29ClN4O4. The number of nitrogens with one attached hydrogen (secondary N) is 2. The molecule has 0 aliphatic heterocycles. The van der Waals surface area contributed by atoms with Gasteiger partial charge in [0.1, 0.15) is 5.84 Å². The summed E-state index contributed by atoms with van der Waals surface area (Å²) in [5, 5.41) is 11.7. The smallest absolute Gasteiger partial charge is 0.339 e. The molecule has 0 bridgehead atoms. The van der Waals surface area contributed by atoms with E-state index in [1.54, 1.807) is 97.9 Å². The predicted octanol–water partition coefficient (Wildman–Crippen LogP) is 4.08. The Labute approximate surface area is 232 Å². The van der Waals surface area contributed by atoms with Crippen LogP contribution in [0.4, 0.5) is 0 Å². The van der Waals surface area contributed by atoms with Crippen molar-refractivity contribution in [3.8, 4) is 0 Å². The van der Waals surface area contributed by atoms with E-state index in [1.165, 1.54) is 0 Å². The van der Waals surface area contributed by atoms with E-state index in [2.05, 4.69) is 5.32 Å². The second kappa shape index (κ2) is 12.3. The molecular weight excluding hydrogens is 516 g/mol. The van der Waals surface area contributed by atoms with E-state index in [4.69, 9.17) is 21.6 Å². The number of esters is 1. The fourth-order valence-corrected chi connectivity index (χ4v) is 4.21. The molecule has 4 aromatic carbocycles. The number of rotatable bonds is 9. The topological polar surface area (TPSA) is 148 Å². The zero-order chi connectivity index (χ0) is 27.3. The summed E-state index contributed by atoms with van der Waals surface area (Å²) in [5.41, 5.74) is 12.4. The molecule has 0 saturated carbocycles. The molecule has 6 N–H and O–H groups in total. The van der Waals surface area contributed by atoms with E-state index in [0.717, 1.165) is 5.56 Å².